The molecule has 0 saturated carbocycles. The number of nitrogens with zero attached hydrogens (tertiary/aromatic N) is 1. The lowest BCUT2D eigenvalue weighted by atomic mass is 9.91. The molecular weight excluding hydrogens is 283 g/mol. The smallest absolute Gasteiger partial charge is 0.133 e. The first kappa shape index (κ1) is 16.1. The number of hydrogen-bond acceptors (Lipinski definition) is 3. The van der Waals surface area contributed by atoms with Crippen molar-refractivity contribution in [2.24, 2.45) is 0 Å². The number of thiazole rings is 1. The highest BCUT2D eigenvalue weighted by molar-refractivity contribution is 7.15. The normalized spacial score (nSPS) is 11.9. The molecule has 0 aliphatic rings. The Bertz CT molecular complexity index is 626. The Labute approximate surface area is 130 Å². The summed E-state index contributed by atoms with van der Waals surface area (Å²) in [7, 11) is 0. The molecule has 21 heavy (non-hydrogen) atoms. The lowest BCUT2D eigenvalue weighted by Gasteiger charge is -2.17. The minimum absolute atomic E-state index is 0.0419. The zero-order chi connectivity index (χ0) is 15.6. The van der Waals surface area contributed by atoms with E-state index in [1.54, 1.807) is 17.4 Å². The highest BCUT2D eigenvalue weighted by Gasteiger charge is 2.24. The molecule has 2 aromatic rings. The van der Waals surface area contributed by atoms with E-state index in [9.17, 15) is 4.39 Å². The fourth-order valence-corrected chi connectivity index (χ4v) is 3.47. The lowest BCUT2D eigenvalue weighted by Crippen LogP contribution is -2.18. The first-order valence-electron chi connectivity index (χ1n) is 7.30. The molecule has 1 heterocycles. The van der Waals surface area contributed by atoms with Gasteiger partial charge in [0.2, 0.25) is 0 Å². The molecule has 2 rings (SSSR count). The van der Waals surface area contributed by atoms with Crippen LogP contribution in [0.1, 0.15) is 43.8 Å². The van der Waals surface area contributed by atoms with E-state index in [1.807, 2.05) is 13.0 Å². The minimum Gasteiger partial charge on any atom is -0.312 e. The quantitative estimate of drug-likeness (QED) is 0.888. The molecule has 0 atom stereocenters. The van der Waals surface area contributed by atoms with Crippen molar-refractivity contribution in [2.75, 3.05) is 6.54 Å². The van der Waals surface area contributed by atoms with E-state index in [4.69, 9.17) is 4.98 Å². The summed E-state index contributed by atoms with van der Waals surface area (Å²) in [5.41, 5.74) is 2.67. The second-order valence-electron chi connectivity index (χ2n) is 6.30. The Morgan fingerprint density at radius 3 is 2.62 bits per heavy atom. The number of halogens is 1. The molecule has 0 bridgehead atoms. The summed E-state index contributed by atoms with van der Waals surface area (Å²) in [5, 5.41) is 4.12. The van der Waals surface area contributed by atoms with Crippen molar-refractivity contribution in [3.63, 3.8) is 0 Å². The maximum absolute atomic E-state index is 14.1. The van der Waals surface area contributed by atoms with Gasteiger partial charge < -0.3 is 5.32 Å². The minimum atomic E-state index is -0.204. The van der Waals surface area contributed by atoms with E-state index in [0.717, 1.165) is 29.4 Å². The van der Waals surface area contributed by atoms with Crippen molar-refractivity contribution in [1.29, 1.82) is 0 Å². The molecule has 4 heteroatoms. The predicted molar refractivity (Wildman–Crippen MR) is 88.3 cm³/mol. The molecule has 0 saturated heterocycles. The van der Waals surface area contributed by atoms with Gasteiger partial charge in [-0.3, -0.25) is 0 Å². The summed E-state index contributed by atoms with van der Waals surface area (Å²) < 4.78 is 14.1. The largest absolute Gasteiger partial charge is 0.312 e. The number of aryl methyl sites for hydroxylation is 1. The molecule has 0 aliphatic carbocycles. The van der Waals surface area contributed by atoms with Gasteiger partial charge in [-0.05, 0) is 25.6 Å². The van der Waals surface area contributed by atoms with Crippen LogP contribution in [0.25, 0.3) is 10.6 Å². The Hall–Kier alpha value is -1.26. The zero-order valence-corrected chi connectivity index (χ0v) is 14.2. The lowest BCUT2D eigenvalue weighted by molar-refractivity contribution is 0.561. The van der Waals surface area contributed by atoms with Crippen molar-refractivity contribution in [2.45, 2.75) is 46.6 Å². The molecule has 1 aromatic carbocycles. The van der Waals surface area contributed by atoms with Gasteiger partial charge in [-0.2, -0.15) is 0 Å². The van der Waals surface area contributed by atoms with Crippen LogP contribution in [-0.4, -0.2) is 11.5 Å². The van der Waals surface area contributed by atoms with Crippen molar-refractivity contribution >= 4 is 11.3 Å². The molecule has 0 spiro atoms. The van der Waals surface area contributed by atoms with E-state index in [0.29, 0.717) is 5.56 Å². The molecule has 114 valence electrons. The van der Waals surface area contributed by atoms with Gasteiger partial charge >= 0.3 is 0 Å². The Kier molecular flexibility index (Phi) is 4.79. The Balaban J connectivity index is 2.50. The summed E-state index contributed by atoms with van der Waals surface area (Å²) >= 11 is 1.59. The maximum Gasteiger partial charge on any atom is 0.133 e. The molecule has 0 fully saturated rings. The van der Waals surface area contributed by atoms with Gasteiger partial charge in [-0.25, -0.2) is 9.37 Å². The second kappa shape index (κ2) is 6.24. The SMILES string of the molecule is CCNCc1sc(-c2cc(C)ccc2F)nc1C(C)(C)C. The van der Waals surface area contributed by atoms with Crippen molar-refractivity contribution in [3.8, 4) is 10.6 Å². The van der Waals surface area contributed by atoms with Crippen molar-refractivity contribution < 1.29 is 4.39 Å². The monoisotopic (exact) mass is 306 g/mol. The molecular formula is C17H23FN2S. The predicted octanol–water partition coefficient (Wildman–Crippen LogP) is 4.66. The molecule has 1 aromatic heterocycles. The molecule has 0 unspecified atom stereocenters. The summed E-state index contributed by atoms with van der Waals surface area (Å²) in [6.45, 7) is 12.2. The number of rotatable bonds is 4. The second-order valence-corrected chi connectivity index (χ2v) is 7.39. The summed E-state index contributed by atoms with van der Waals surface area (Å²) in [5.74, 6) is -0.204. The van der Waals surface area contributed by atoms with Crippen LogP contribution in [0, 0.1) is 12.7 Å². The fourth-order valence-electron chi connectivity index (χ4n) is 2.21. The maximum atomic E-state index is 14.1. The number of hydrogen-bond donors (Lipinski definition) is 1. The highest BCUT2D eigenvalue weighted by Crippen LogP contribution is 2.35. The van der Waals surface area contributed by atoms with E-state index in [-0.39, 0.29) is 11.2 Å². The average molecular weight is 306 g/mol. The third-order valence-electron chi connectivity index (χ3n) is 3.30. The van der Waals surface area contributed by atoms with Gasteiger partial charge in [0, 0.05) is 22.4 Å². The zero-order valence-electron chi connectivity index (χ0n) is 13.4. The summed E-state index contributed by atoms with van der Waals surface area (Å²) in [6.07, 6.45) is 0. The average Bonchev–Trinajstić information content (AvgIpc) is 2.83. The van der Waals surface area contributed by atoms with Gasteiger partial charge in [0.05, 0.1) is 5.69 Å². The van der Waals surface area contributed by atoms with Crippen LogP contribution in [0.4, 0.5) is 4.39 Å². The Morgan fingerprint density at radius 1 is 1.29 bits per heavy atom. The van der Waals surface area contributed by atoms with Crippen LogP contribution in [0.2, 0.25) is 0 Å². The first-order valence-corrected chi connectivity index (χ1v) is 8.12. The van der Waals surface area contributed by atoms with Gasteiger partial charge in [-0.15, -0.1) is 11.3 Å². The fraction of sp³-hybridized carbons (Fsp3) is 0.471. The summed E-state index contributed by atoms with van der Waals surface area (Å²) in [4.78, 5) is 5.94. The van der Waals surface area contributed by atoms with Gasteiger partial charge in [-0.1, -0.05) is 39.3 Å². The van der Waals surface area contributed by atoms with Crippen LogP contribution in [-0.2, 0) is 12.0 Å². The summed E-state index contributed by atoms with van der Waals surface area (Å²) in [6, 6.07) is 5.18. The third-order valence-corrected chi connectivity index (χ3v) is 4.38. The Morgan fingerprint density at radius 2 is 2.00 bits per heavy atom. The molecule has 0 amide bonds. The number of nitrogens with one attached hydrogen (secondary N) is 1. The van der Waals surface area contributed by atoms with Crippen molar-refractivity contribution in [1.82, 2.24) is 10.3 Å². The van der Waals surface area contributed by atoms with E-state index in [2.05, 4.69) is 33.0 Å². The van der Waals surface area contributed by atoms with E-state index >= 15 is 0 Å². The van der Waals surface area contributed by atoms with E-state index < -0.39 is 0 Å². The third kappa shape index (κ3) is 3.69. The molecule has 0 radical (unpaired) electrons. The van der Waals surface area contributed by atoms with Gasteiger partial charge in [0.25, 0.3) is 0 Å². The standard InChI is InChI=1S/C17H23FN2S/c1-6-19-10-14-15(17(3,4)5)20-16(21-14)12-9-11(2)7-8-13(12)18/h7-9,19H,6,10H2,1-5H3. The first-order chi connectivity index (χ1) is 9.82. The number of aromatic nitrogens is 1. The van der Waals surface area contributed by atoms with Crippen LogP contribution in [0.15, 0.2) is 18.2 Å². The number of benzene rings is 1. The van der Waals surface area contributed by atoms with Gasteiger partial charge in [0.1, 0.15) is 10.8 Å². The van der Waals surface area contributed by atoms with Crippen LogP contribution >= 0.6 is 11.3 Å². The van der Waals surface area contributed by atoms with Crippen LogP contribution in [0.3, 0.4) is 0 Å². The van der Waals surface area contributed by atoms with Crippen LogP contribution < -0.4 is 5.32 Å². The molecule has 2 nitrogen and oxygen atoms in total. The molecule has 0 aliphatic heterocycles. The topological polar surface area (TPSA) is 24.9 Å². The molecule has 1 N–H and O–H groups in total. The van der Waals surface area contributed by atoms with E-state index in [1.165, 1.54) is 10.9 Å². The van der Waals surface area contributed by atoms with Crippen molar-refractivity contribution in [3.05, 3.63) is 40.2 Å². The highest BCUT2D eigenvalue weighted by atomic mass is 32.1. The van der Waals surface area contributed by atoms with Crippen LogP contribution in [0.5, 0.6) is 0 Å². The van der Waals surface area contributed by atoms with Gasteiger partial charge in [0.15, 0.2) is 0 Å².